The van der Waals surface area contributed by atoms with Gasteiger partial charge in [0.05, 0.1) is 21.5 Å². The first-order valence-corrected chi connectivity index (χ1v) is 10.5. The lowest BCUT2D eigenvalue weighted by Crippen LogP contribution is -2.42. The molecule has 8 nitrogen and oxygen atoms in total. The first-order chi connectivity index (χ1) is 14.9. The number of aromatic nitrogens is 2. The van der Waals surface area contributed by atoms with E-state index in [1.54, 1.807) is 0 Å². The third-order valence-corrected chi connectivity index (χ3v) is 6.64. The Morgan fingerprint density at radius 2 is 1.81 bits per heavy atom. The van der Waals surface area contributed by atoms with Crippen LogP contribution in [0.2, 0.25) is 0 Å². The van der Waals surface area contributed by atoms with E-state index >= 15 is 0 Å². The van der Waals surface area contributed by atoms with Gasteiger partial charge in [-0.2, -0.15) is 0 Å². The van der Waals surface area contributed by atoms with Gasteiger partial charge in [0.15, 0.2) is 0 Å². The monoisotopic (exact) mass is 470 g/mol. The van der Waals surface area contributed by atoms with E-state index in [0.717, 1.165) is 15.7 Å². The minimum atomic E-state index is -0.507. The summed E-state index contributed by atoms with van der Waals surface area (Å²) in [5.41, 5.74) is -0.00698. The SMILES string of the molecule is CN(C)CCn1c(=O)c2cc([N+](=O)[O-])cc3c2n(c1=O)-c1ccc2ccccc2c1S3.Cl. The molecule has 0 radical (unpaired) electrons. The number of rotatable bonds is 4. The quantitative estimate of drug-likeness (QED) is 0.294. The van der Waals surface area contributed by atoms with Crippen molar-refractivity contribution in [3.05, 3.63) is 79.5 Å². The molecule has 1 aliphatic rings. The molecule has 0 amide bonds. The molecule has 0 N–H and O–H groups in total. The average molecular weight is 471 g/mol. The predicted molar refractivity (Wildman–Crippen MR) is 128 cm³/mol. The highest BCUT2D eigenvalue weighted by Gasteiger charge is 2.27. The molecule has 10 heteroatoms. The number of nitro groups is 1. The van der Waals surface area contributed by atoms with Gasteiger partial charge in [0.2, 0.25) is 0 Å². The van der Waals surface area contributed by atoms with Gasteiger partial charge >= 0.3 is 5.69 Å². The van der Waals surface area contributed by atoms with Gasteiger partial charge in [-0.05, 0) is 30.9 Å². The molecule has 164 valence electrons. The first kappa shape index (κ1) is 22.1. The van der Waals surface area contributed by atoms with Crippen LogP contribution in [-0.4, -0.2) is 39.6 Å². The Labute approximate surface area is 192 Å². The topological polar surface area (TPSA) is 90.4 Å². The van der Waals surface area contributed by atoms with Crippen LogP contribution >= 0.6 is 24.2 Å². The van der Waals surface area contributed by atoms with E-state index in [2.05, 4.69) is 0 Å². The number of benzene rings is 3. The van der Waals surface area contributed by atoms with Crippen LogP contribution in [-0.2, 0) is 6.54 Å². The van der Waals surface area contributed by atoms with Gasteiger partial charge in [-0.3, -0.25) is 24.0 Å². The molecule has 2 heterocycles. The maximum Gasteiger partial charge on any atom is 0.336 e. The zero-order valence-corrected chi connectivity index (χ0v) is 18.9. The van der Waals surface area contributed by atoms with Crippen LogP contribution < -0.4 is 11.2 Å². The van der Waals surface area contributed by atoms with Crippen molar-refractivity contribution in [1.29, 1.82) is 0 Å². The molecule has 0 unspecified atom stereocenters. The molecule has 0 atom stereocenters. The van der Waals surface area contributed by atoms with E-state index < -0.39 is 16.2 Å². The van der Waals surface area contributed by atoms with Gasteiger partial charge in [0.25, 0.3) is 11.2 Å². The lowest BCUT2D eigenvalue weighted by atomic mass is 10.1. The third kappa shape index (κ3) is 3.29. The van der Waals surface area contributed by atoms with Crippen LogP contribution in [0.25, 0.3) is 27.4 Å². The summed E-state index contributed by atoms with van der Waals surface area (Å²) < 4.78 is 2.70. The smallest absolute Gasteiger partial charge is 0.308 e. The second kappa shape index (κ2) is 8.09. The standard InChI is InChI=1S/C22H18N4O4S.ClH/c1-23(2)9-10-24-21(27)16-11-14(26(29)30)12-18-19(16)25(22(24)28)17-8-7-13-5-3-4-6-15(13)20(17)31-18;/h3-8,11-12H,9-10H2,1-2H3;1H. The Balaban J connectivity index is 0.00000245. The molecule has 0 aliphatic carbocycles. The minimum Gasteiger partial charge on any atom is -0.308 e. The number of hydrogen-bond donors (Lipinski definition) is 0. The molecule has 4 aromatic rings. The number of hydrogen-bond acceptors (Lipinski definition) is 6. The Morgan fingerprint density at radius 1 is 1.06 bits per heavy atom. The van der Waals surface area contributed by atoms with Crippen LogP contribution in [0.1, 0.15) is 0 Å². The van der Waals surface area contributed by atoms with E-state index in [1.165, 1.54) is 33.0 Å². The van der Waals surface area contributed by atoms with E-state index in [4.69, 9.17) is 0 Å². The fourth-order valence-corrected chi connectivity index (χ4v) is 5.22. The van der Waals surface area contributed by atoms with Crippen molar-refractivity contribution in [2.75, 3.05) is 20.6 Å². The number of nitro benzene ring substituents is 1. The summed E-state index contributed by atoms with van der Waals surface area (Å²) >= 11 is 1.36. The summed E-state index contributed by atoms with van der Waals surface area (Å²) in [4.78, 5) is 41.0. The summed E-state index contributed by atoms with van der Waals surface area (Å²) in [5, 5.41) is 13.7. The Hall–Kier alpha value is -3.14. The van der Waals surface area contributed by atoms with E-state index in [1.807, 2.05) is 55.4 Å². The second-order valence-electron chi connectivity index (χ2n) is 7.71. The number of likely N-dealkylation sites (N-methyl/N-ethyl adjacent to an activating group) is 1. The van der Waals surface area contributed by atoms with Crippen molar-refractivity contribution >= 4 is 51.5 Å². The largest absolute Gasteiger partial charge is 0.336 e. The highest BCUT2D eigenvalue weighted by Crippen LogP contribution is 2.45. The lowest BCUT2D eigenvalue weighted by molar-refractivity contribution is -0.384. The van der Waals surface area contributed by atoms with Crippen molar-refractivity contribution in [3.63, 3.8) is 0 Å². The molecule has 0 spiro atoms. The highest BCUT2D eigenvalue weighted by molar-refractivity contribution is 8.00. The minimum absolute atomic E-state index is 0. The van der Waals surface area contributed by atoms with Crippen LogP contribution in [0.4, 0.5) is 5.69 Å². The third-order valence-electron chi connectivity index (χ3n) is 5.47. The normalized spacial score (nSPS) is 12.1. The van der Waals surface area contributed by atoms with Crippen molar-refractivity contribution in [1.82, 2.24) is 14.0 Å². The molecular formula is C22H19ClN4O4S. The molecule has 1 aliphatic heterocycles. The molecule has 0 fully saturated rings. The number of fused-ring (bicyclic) bond motifs is 4. The fraction of sp³-hybridized carbons (Fsp3) is 0.182. The Morgan fingerprint density at radius 3 is 2.53 bits per heavy atom. The van der Waals surface area contributed by atoms with E-state index in [-0.39, 0.29) is 30.0 Å². The molecule has 1 aromatic heterocycles. The molecule has 0 saturated carbocycles. The second-order valence-corrected chi connectivity index (χ2v) is 8.76. The van der Waals surface area contributed by atoms with Gasteiger partial charge in [-0.15, -0.1) is 12.4 Å². The maximum absolute atomic E-state index is 13.5. The van der Waals surface area contributed by atoms with Crippen LogP contribution in [0.15, 0.2) is 67.9 Å². The van der Waals surface area contributed by atoms with Gasteiger partial charge < -0.3 is 4.90 Å². The summed E-state index contributed by atoms with van der Waals surface area (Å²) in [6, 6.07) is 14.3. The molecular weight excluding hydrogens is 452 g/mol. The summed E-state index contributed by atoms with van der Waals surface area (Å²) in [6.07, 6.45) is 0. The van der Waals surface area contributed by atoms with Gasteiger partial charge in [0, 0.05) is 35.0 Å². The van der Waals surface area contributed by atoms with Crippen molar-refractivity contribution < 1.29 is 4.92 Å². The van der Waals surface area contributed by atoms with Crippen LogP contribution in [0, 0.1) is 10.1 Å². The number of nitrogens with zero attached hydrogens (tertiary/aromatic N) is 4. The van der Waals surface area contributed by atoms with E-state index in [0.29, 0.717) is 22.6 Å². The zero-order chi connectivity index (χ0) is 21.9. The zero-order valence-electron chi connectivity index (χ0n) is 17.3. The van der Waals surface area contributed by atoms with Crippen molar-refractivity contribution in [3.8, 4) is 5.69 Å². The molecule has 0 bridgehead atoms. The van der Waals surface area contributed by atoms with Crippen molar-refractivity contribution in [2.45, 2.75) is 16.3 Å². The number of halogens is 1. The lowest BCUT2D eigenvalue weighted by Gasteiger charge is -2.24. The van der Waals surface area contributed by atoms with E-state index in [9.17, 15) is 19.7 Å². The Kier molecular flexibility index (Phi) is 5.58. The Bertz CT molecular complexity index is 1530. The fourth-order valence-electron chi connectivity index (χ4n) is 3.96. The molecule has 5 rings (SSSR count). The summed E-state index contributed by atoms with van der Waals surface area (Å²) in [5.74, 6) is 0. The van der Waals surface area contributed by atoms with Gasteiger partial charge in [-0.25, -0.2) is 4.79 Å². The van der Waals surface area contributed by atoms with Crippen LogP contribution in [0.5, 0.6) is 0 Å². The average Bonchev–Trinajstić information content (AvgIpc) is 2.75. The highest BCUT2D eigenvalue weighted by atomic mass is 35.5. The van der Waals surface area contributed by atoms with Gasteiger partial charge in [-0.1, -0.05) is 42.1 Å². The van der Waals surface area contributed by atoms with Crippen LogP contribution in [0.3, 0.4) is 0 Å². The summed E-state index contributed by atoms with van der Waals surface area (Å²) in [7, 11) is 3.71. The van der Waals surface area contributed by atoms with Gasteiger partial charge in [0.1, 0.15) is 0 Å². The maximum atomic E-state index is 13.5. The first-order valence-electron chi connectivity index (χ1n) is 9.69. The molecule has 3 aromatic carbocycles. The molecule has 32 heavy (non-hydrogen) atoms. The van der Waals surface area contributed by atoms with Crippen molar-refractivity contribution in [2.24, 2.45) is 0 Å². The molecule has 0 saturated heterocycles. The predicted octanol–water partition coefficient (Wildman–Crippen LogP) is 3.66. The summed E-state index contributed by atoms with van der Waals surface area (Å²) in [6.45, 7) is 0.677. The number of non-ortho nitro benzene ring substituents is 1.